The molecule has 0 bridgehead atoms. The number of hydrogen-bond donors (Lipinski definition) is 1. The topological polar surface area (TPSA) is 64.6 Å². The lowest BCUT2D eigenvalue weighted by Gasteiger charge is -2.24. The van der Waals surface area contributed by atoms with E-state index in [0.717, 1.165) is 18.4 Å². The number of alkyl carbamates (subject to hydrolysis) is 1. The van der Waals surface area contributed by atoms with E-state index >= 15 is 0 Å². The van der Waals surface area contributed by atoms with Crippen molar-refractivity contribution in [2.24, 2.45) is 5.41 Å². The van der Waals surface area contributed by atoms with Gasteiger partial charge in [-0.15, -0.1) is 6.58 Å². The summed E-state index contributed by atoms with van der Waals surface area (Å²) < 4.78 is 9.68. The summed E-state index contributed by atoms with van der Waals surface area (Å²) in [6, 6.07) is 8.53. The molecule has 0 heterocycles. The molecule has 0 atom stereocenters. The Morgan fingerprint density at radius 2 is 1.83 bits per heavy atom. The fourth-order valence-electron chi connectivity index (χ4n) is 2.25. The summed E-state index contributed by atoms with van der Waals surface area (Å²) in [4.78, 5) is 23.2. The second-order valence-electron chi connectivity index (χ2n) is 6.32. The molecule has 5 heteroatoms. The van der Waals surface area contributed by atoms with E-state index in [0.29, 0.717) is 12.1 Å². The molecule has 5 nitrogen and oxygen atoms in total. The maximum Gasteiger partial charge on any atom is 0.410 e. The van der Waals surface area contributed by atoms with Crippen LogP contribution in [0.25, 0.3) is 0 Å². The highest BCUT2D eigenvalue weighted by Gasteiger charge is 2.18. The van der Waals surface area contributed by atoms with Crippen LogP contribution in [0.3, 0.4) is 0 Å². The number of ether oxygens (including phenoxy) is 2. The van der Waals surface area contributed by atoms with Crippen molar-refractivity contribution in [2.75, 3.05) is 13.3 Å². The zero-order valence-electron chi connectivity index (χ0n) is 14.1. The molecule has 0 aliphatic rings. The van der Waals surface area contributed by atoms with Crippen molar-refractivity contribution < 1.29 is 19.1 Å². The van der Waals surface area contributed by atoms with E-state index in [2.05, 4.69) is 25.7 Å². The average Bonchev–Trinajstić information content (AvgIpc) is 2.46. The molecule has 0 saturated heterocycles. The summed E-state index contributed by atoms with van der Waals surface area (Å²) in [6.07, 6.45) is 1.11. The van der Waals surface area contributed by atoms with Gasteiger partial charge in [0.05, 0.1) is 5.56 Å². The molecule has 1 rings (SSSR count). The molecular weight excluding hydrogens is 294 g/mol. The number of carbonyl (C=O) groups excluding carboxylic acids is 2. The third kappa shape index (κ3) is 8.04. The first kappa shape index (κ1) is 18.7. The van der Waals surface area contributed by atoms with Crippen LogP contribution < -0.4 is 5.32 Å². The molecule has 0 aliphatic heterocycles. The number of nitrogens with one attached hydrogen (secondary N) is 1. The van der Waals surface area contributed by atoms with Crippen LogP contribution in [0, 0.1) is 5.41 Å². The third-order valence-electron chi connectivity index (χ3n) is 3.24. The van der Waals surface area contributed by atoms with Crippen LogP contribution in [-0.2, 0) is 9.47 Å². The number of allylic oxidation sites excluding steroid dienone is 1. The Morgan fingerprint density at radius 3 is 2.43 bits per heavy atom. The van der Waals surface area contributed by atoms with Crippen molar-refractivity contribution in [1.82, 2.24) is 5.32 Å². The third-order valence-corrected chi connectivity index (χ3v) is 3.24. The first-order valence-corrected chi connectivity index (χ1v) is 7.57. The minimum absolute atomic E-state index is 0.0683. The molecule has 0 spiro atoms. The van der Waals surface area contributed by atoms with E-state index in [1.165, 1.54) is 0 Å². The Kier molecular flexibility index (Phi) is 7.32. The molecule has 126 valence electrons. The second-order valence-corrected chi connectivity index (χ2v) is 6.32. The van der Waals surface area contributed by atoms with Crippen molar-refractivity contribution >= 4 is 12.1 Å². The van der Waals surface area contributed by atoms with Crippen molar-refractivity contribution in [3.05, 3.63) is 48.0 Å². The minimum atomic E-state index is -0.600. The summed E-state index contributed by atoms with van der Waals surface area (Å²) in [7, 11) is 0. The van der Waals surface area contributed by atoms with Gasteiger partial charge in [-0.3, -0.25) is 0 Å². The van der Waals surface area contributed by atoms with Crippen LogP contribution in [0.1, 0.15) is 44.0 Å². The van der Waals surface area contributed by atoms with Gasteiger partial charge in [-0.05, 0) is 37.3 Å². The predicted molar refractivity (Wildman–Crippen MR) is 89.0 cm³/mol. The van der Waals surface area contributed by atoms with E-state index in [4.69, 9.17) is 9.47 Å². The molecule has 23 heavy (non-hydrogen) atoms. The first-order chi connectivity index (χ1) is 10.8. The van der Waals surface area contributed by atoms with E-state index in [1.807, 2.05) is 6.92 Å². The summed E-state index contributed by atoms with van der Waals surface area (Å²) in [5, 5.41) is 2.64. The molecular formula is C18H25NO4. The highest BCUT2D eigenvalue weighted by atomic mass is 16.7. The lowest BCUT2D eigenvalue weighted by atomic mass is 9.83. The van der Waals surface area contributed by atoms with Crippen LogP contribution in [0.5, 0.6) is 0 Å². The van der Waals surface area contributed by atoms with Crippen molar-refractivity contribution in [1.29, 1.82) is 0 Å². The Labute approximate surface area is 137 Å². The Hall–Kier alpha value is -2.30. The highest BCUT2D eigenvalue weighted by molar-refractivity contribution is 5.89. The second kappa shape index (κ2) is 8.98. The fourth-order valence-corrected chi connectivity index (χ4v) is 2.25. The average molecular weight is 319 g/mol. The van der Waals surface area contributed by atoms with Crippen LogP contribution in [0.15, 0.2) is 42.5 Å². The molecule has 0 aromatic heterocycles. The van der Waals surface area contributed by atoms with Gasteiger partial charge in [-0.2, -0.15) is 0 Å². The molecule has 0 fully saturated rings. The van der Waals surface area contributed by atoms with Gasteiger partial charge < -0.3 is 14.8 Å². The van der Waals surface area contributed by atoms with E-state index < -0.39 is 18.9 Å². The largest absolute Gasteiger partial charge is 0.424 e. The van der Waals surface area contributed by atoms with Gasteiger partial charge in [0.25, 0.3) is 0 Å². The quantitative estimate of drug-likeness (QED) is 0.448. The van der Waals surface area contributed by atoms with Crippen LogP contribution in [-0.4, -0.2) is 25.4 Å². The van der Waals surface area contributed by atoms with Gasteiger partial charge in [-0.25, -0.2) is 9.59 Å². The molecule has 0 unspecified atom stereocenters. The minimum Gasteiger partial charge on any atom is -0.424 e. The van der Waals surface area contributed by atoms with Gasteiger partial charge in [0, 0.05) is 6.54 Å². The van der Waals surface area contributed by atoms with Crippen LogP contribution in [0.2, 0.25) is 0 Å². The van der Waals surface area contributed by atoms with Crippen molar-refractivity contribution in [3.8, 4) is 0 Å². The van der Waals surface area contributed by atoms with Gasteiger partial charge in [0.1, 0.15) is 0 Å². The lowest BCUT2D eigenvalue weighted by molar-refractivity contribution is -0.00236. The first-order valence-electron chi connectivity index (χ1n) is 7.57. The zero-order chi connectivity index (χ0) is 17.3. The summed E-state index contributed by atoms with van der Waals surface area (Å²) >= 11 is 0. The Bertz CT molecular complexity index is 537. The van der Waals surface area contributed by atoms with E-state index in [9.17, 15) is 9.59 Å². The fraction of sp³-hybridized carbons (Fsp3) is 0.444. The highest BCUT2D eigenvalue weighted by Crippen LogP contribution is 2.27. The number of rotatable bonds is 8. The van der Waals surface area contributed by atoms with Gasteiger partial charge in [0.15, 0.2) is 0 Å². The number of esters is 1. The molecule has 0 aliphatic carbocycles. The molecule has 1 amide bonds. The SMILES string of the molecule is C=C(C)CC(C)(C)CCNC(=O)OCOC(=O)c1ccccc1. The summed E-state index contributed by atoms with van der Waals surface area (Å²) in [5.74, 6) is -0.527. The number of benzene rings is 1. The lowest BCUT2D eigenvalue weighted by Crippen LogP contribution is -2.29. The van der Waals surface area contributed by atoms with Crippen molar-refractivity contribution in [2.45, 2.75) is 33.6 Å². The number of amides is 1. The summed E-state index contributed by atoms with van der Waals surface area (Å²) in [5.41, 5.74) is 1.60. The molecule has 0 radical (unpaired) electrons. The maximum absolute atomic E-state index is 11.6. The Morgan fingerprint density at radius 1 is 1.17 bits per heavy atom. The normalized spacial score (nSPS) is 10.7. The van der Waals surface area contributed by atoms with Gasteiger partial charge in [-0.1, -0.05) is 37.6 Å². The molecule has 1 N–H and O–H groups in total. The molecule has 1 aromatic rings. The smallest absolute Gasteiger partial charge is 0.410 e. The number of hydrogen-bond acceptors (Lipinski definition) is 4. The Balaban J connectivity index is 2.20. The predicted octanol–water partition coefficient (Wildman–Crippen LogP) is 3.91. The van der Waals surface area contributed by atoms with Crippen LogP contribution in [0.4, 0.5) is 4.79 Å². The van der Waals surface area contributed by atoms with E-state index in [1.54, 1.807) is 30.3 Å². The standard InChI is InChI=1S/C18H25NO4/c1-14(2)12-18(3,4)10-11-19-17(21)23-13-22-16(20)15-8-6-5-7-9-15/h5-9H,1,10-13H2,2-4H3,(H,19,21). The van der Waals surface area contributed by atoms with Crippen molar-refractivity contribution in [3.63, 3.8) is 0 Å². The monoisotopic (exact) mass is 319 g/mol. The number of carbonyl (C=O) groups is 2. The van der Waals surface area contributed by atoms with Crippen LogP contribution >= 0.6 is 0 Å². The maximum atomic E-state index is 11.6. The zero-order valence-corrected chi connectivity index (χ0v) is 14.1. The van der Waals surface area contributed by atoms with Gasteiger partial charge >= 0.3 is 12.1 Å². The summed E-state index contributed by atoms with van der Waals surface area (Å²) in [6.45, 7) is 10.2. The molecule has 0 saturated carbocycles. The van der Waals surface area contributed by atoms with E-state index in [-0.39, 0.29) is 5.41 Å². The van der Waals surface area contributed by atoms with Gasteiger partial charge in [0.2, 0.25) is 6.79 Å². The molecule has 1 aromatic carbocycles.